The lowest BCUT2D eigenvalue weighted by molar-refractivity contribution is 0.669. The van der Waals surface area contributed by atoms with Crippen molar-refractivity contribution >= 4 is 44.6 Å². The highest BCUT2D eigenvalue weighted by molar-refractivity contribution is 6.06. The number of fused-ring (bicyclic) bond motifs is 12. The van der Waals surface area contributed by atoms with E-state index in [0.717, 1.165) is 56.5 Å². The van der Waals surface area contributed by atoms with Crippen molar-refractivity contribution in [1.29, 1.82) is 0 Å². The summed E-state index contributed by atoms with van der Waals surface area (Å²) in [5, 5.41) is 2.27. The van der Waals surface area contributed by atoms with Gasteiger partial charge >= 0.3 is 0 Å². The van der Waals surface area contributed by atoms with Crippen LogP contribution < -0.4 is 4.90 Å². The van der Waals surface area contributed by atoms with E-state index in [2.05, 4.69) is 248 Å². The van der Waals surface area contributed by atoms with Gasteiger partial charge in [0.2, 0.25) is 0 Å². The van der Waals surface area contributed by atoms with Crippen LogP contribution in [0.15, 0.2) is 259 Å². The second-order valence-electron chi connectivity index (χ2n) is 19.1. The monoisotopic (exact) mass is 893 g/mol. The van der Waals surface area contributed by atoms with Gasteiger partial charge in [-0.25, -0.2) is 0 Å². The molecule has 70 heavy (non-hydrogen) atoms. The molecule has 3 aliphatic rings. The number of rotatable bonds is 7. The number of para-hydroxylation sites is 1. The molecule has 2 nitrogen and oxygen atoms in total. The zero-order valence-corrected chi connectivity index (χ0v) is 38.8. The minimum Gasteiger partial charge on any atom is -0.456 e. The molecule has 1 atom stereocenters. The van der Waals surface area contributed by atoms with Gasteiger partial charge in [-0.1, -0.05) is 207 Å². The first-order valence-corrected chi connectivity index (χ1v) is 24.6. The average Bonchev–Trinajstić information content (AvgIpc) is 4.06. The van der Waals surface area contributed by atoms with Crippen LogP contribution >= 0.6 is 0 Å². The standard InChI is InChI=1S/C68H47NO/c1-44-18-16-31-62-66(44)58-43-50(39-41-61(58)68(62)59-29-13-10-24-53(59)54-25-11-14-30-60(54)68)69(49-37-34-45(35-38-49)48-36-40-56-55-26-12-15-33-64(55)70-65(56)42-48)63-32-17-28-52(47-21-6-3-7-22-47)67(63)57-27-9-8-23-51(57)46-19-4-2-5-20-46/h2-17,19-44H,18H2,1H3. The molecule has 1 heterocycles. The number of anilines is 3. The molecule has 14 rings (SSSR count). The Bertz CT molecular complexity index is 3880. The molecule has 0 aliphatic heterocycles. The number of benzene rings is 10. The van der Waals surface area contributed by atoms with E-state index in [1.807, 2.05) is 12.1 Å². The highest BCUT2D eigenvalue weighted by Crippen LogP contribution is 2.64. The Morgan fingerprint density at radius 1 is 0.414 bits per heavy atom. The fourth-order valence-electron chi connectivity index (χ4n) is 12.4. The lowest BCUT2D eigenvalue weighted by Gasteiger charge is -2.33. The van der Waals surface area contributed by atoms with Crippen molar-refractivity contribution in [1.82, 2.24) is 0 Å². The summed E-state index contributed by atoms with van der Waals surface area (Å²) in [5.74, 6) is 0.347. The fraction of sp³-hybridized carbons (Fsp3) is 0.0588. The van der Waals surface area contributed by atoms with Gasteiger partial charge < -0.3 is 9.32 Å². The third-order valence-electron chi connectivity index (χ3n) is 15.4. The van der Waals surface area contributed by atoms with E-state index in [0.29, 0.717) is 5.92 Å². The van der Waals surface area contributed by atoms with Crippen LogP contribution in [0.2, 0.25) is 0 Å². The second-order valence-corrected chi connectivity index (χ2v) is 19.1. The lowest BCUT2D eigenvalue weighted by Crippen LogP contribution is -2.27. The van der Waals surface area contributed by atoms with Gasteiger partial charge in [-0.2, -0.15) is 0 Å². The molecular formula is C68H47NO. The molecule has 1 aromatic heterocycles. The van der Waals surface area contributed by atoms with Crippen LogP contribution in [0.25, 0.3) is 83.1 Å². The van der Waals surface area contributed by atoms with E-state index >= 15 is 0 Å². The van der Waals surface area contributed by atoms with Crippen molar-refractivity contribution in [2.45, 2.75) is 18.8 Å². The summed E-state index contributed by atoms with van der Waals surface area (Å²) in [7, 11) is 0. The molecule has 0 saturated carbocycles. The number of furan rings is 1. The van der Waals surface area contributed by atoms with Crippen LogP contribution in [-0.4, -0.2) is 0 Å². The average molecular weight is 894 g/mol. The second kappa shape index (κ2) is 15.9. The Morgan fingerprint density at radius 3 is 1.73 bits per heavy atom. The van der Waals surface area contributed by atoms with Crippen molar-refractivity contribution in [3.63, 3.8) is 0 Å². The summed E-state index contributed by atoms with van der Waals surface area (Å²) in [4.78, 5) is 2.52. The number of hydrogen-bond donors (Lipinski definition) is 0. The van der Waals surface area contributed by atoms with Crippen LogP contribution in [0.3, 0.4) is 0 Å². The van der Waals surface area contributed by atoms with Crippen LogP contribution in [0, 0.1) is 5.92 Å². The van der Waals surface area contributed by atoms with Crippen LogP contribution in [-0.2, 0) is 5.41 Å². The van der Waals surface area contributed by atoms with E-state index in [4.69, 9.17) is 4.42 Å². The van der Waals surface area contributed by atoms with Gasteiger partial charge in [-0.05, 0) is 144 Å². The van der Waals surface area contributed by atoms with E-state index in [9.17, 15) is 0 Å². The van der Waals surface area contributed by atoms with Crippen molar-refractivity contribution in [2.24, 2.45) is 5.92 Å². The topological polar surface area (TPSA) is 16.4 Å². The normalized spacial score (nSPS) is 15.0. The molecule has 0 N–H and O–H groups in total. The predicted octanol–water partition coefficient (Wildman–Crippen LogP) is 18.4. The van der Waals surface area contributed by atoms with E-state index in [1.54, 1.807) is 0 Å². The maximum absolute atomic E-state index is 6.38. The molecule has 330 valence electrons. The number of nitrogens with zero attached hydrogens (tertiary/aromatic N) is 1. The Balaban J connectivity index is 1.02. The Kier molecular flexibility index (Phi) is 9.19. The van der Waals surface area contributed by atoms with Crippen molar-refractivity contribution in [2.75, 3.05) is 4.90 Å². The zero-order chi connectivity index (χ0) is 46.3. The molecule has 0 radical (unpaired) electrons. The van der Waals surface area contributed by atoms with E-state index in [1.165, 1.54) is 77.9 Å². The summed E-state index contributed by atoms with van der Waals surface area (Å²) in [6.07, 6.45) is 5.87. The smallest absolute Gasteiger partial charge is 0.136 e. The highest BCUT2D eigenvalue weighted by atomic mass is 16.3. The molecule has 0 amide bonds. The molecule has 3 aliphatic carbocycles. The van der Waals surface area contributed by atoms with Crippen molar-refractivity contribution in [3.05, 3.63) is 277 Å². The predicted molar refractivity (Wildman–Crippen MR) is 292 cm³/mol. The summed E-state index contributed by atoms with van der Waals surface area (Å²) in [6, 6.07) is 87.1. The molecule has 0 fully saturated rings. The molecule has 2 heteroatoms. The van der Waals surface area contributed by atoms with Gasteiger partial charge in [0.15, 0.2) is 0 Å². The van der Waals surface area contributed by atoms with Crippen molar-refractivity contribution in [3.8, 4) is 55.6 Å². The van der Waals surface area contributed by atoms with Crippen LogP contribution in [0.5, 0.6) is 0 Å². The first-order valence-electron chi connectivity index (χ1n) is 24.6. The third kappa shape index (κ3) is 5.99. The summed E-state index contributed by atoms with van der Waals surface area (Å²) >= 11 is 0. The number of hydrogen-bond acceptors (Lipinski definition) is 2. The molecule has 1 spiro atoms. The molecular weight excluding hydrogens is 847 g/mol. The van der Waals surface area contributed by atoms with Gasteiger partial charge in [0.1, 0.15) is 11.2 Å². The minimum absolute atomic E-state index is 0.347. The highest BCUT2D eigenvalue weighted by Gasteiger charge is 2.53. The maximum atomic E-state index is 6.38. The van der Waals surface area contributed by atoms with E-state index < -0.39 is 5.41 Å². The Labute approximate surface area is 408 Å². The van der Waals surface area contributed by atoms with Gasteiger partial charge in [0.05, 0.1) is 11.1 Å². The first-order chi connectivity index (χ1) is 34.6. The zero-order valence-electron chi connectivity index (χ0n) is 38.8. The minimum atomic E-state index is -0.401. The summed E-state index contributed by atoms with van der Waals surface area (Å²) in [5.41, 5.74) is 25.0. The molecule has 10 aromatic carbocycles. The summed E-state index contributed by atoms with van der Waals surface area (Å²) < 4.78 is 6.38. The largest absolute Gasteiger partial charge is 0.456 e. The third-order valence-corrected chi connectivity index (χ3v) is 15.4. The SMILES string of the molecule is CC1CC=CC2=C1c1cc(N(c3ccc(-c4ccc5c(c4)oc4ccccc45)cc3)c3cccc(-c4ccccc4)c3-c3ccccc3-c3ccccc3)ccc1C21c2ccccc2-c2ccccc21. The summed E-state index contributed by atoms with van der Waals surface area (Å²) in [6.45, 7) is 2.42. The Hall–Kier alpha value is -8.72. The fourth-order valence-corrected chi connectivity index (χ4v) is 12.4. The van der Waals surface area contributed by atoms with Gasteiger partial charge in [0.25, 0.3) is 0 Å². The molecule has 0 bridgehead atoms. The quantitative estimate of drug-likeness (QED) is 0.158. The maximum Gasteiger partial charge on any atom is 0.136 e. The van der Waals surface area contributed by atoms with Crippen molar-refractivity contribution < 1.29 is 4.42 Å². The van der Waals surface area contributed by atoms with Crippen LogP contribution in [0.1, 0.15) is 35.6 Å². The lowest BCUT2D eigenvalue weighted by atomic mass is 9.68. The first kappa shape index (κ1) is 40.4. The molecule has 0 saturated heterocycles. The Morgan fingerprint density at radius 2 is 0.986 bits per heavy atom. The van der Waals surface area contributed by atoms with Gasteiger partial charge in [0, 0.05) is 27.7 Å². The van der Waals surface area contributed by atoms with Gasteiger partial charge in [-0.15, -0.1) is 0 Å². The number of allylic oxidation sites excluding steroid dienone is 4. The van der Waals surface area contributed by atoms with E-state index in [-0.39, 0.29) is 0 Å². The molecule has 1 unspecified atom stereocenters. The van der Waals surface area contributed by atoms with Gasteiger partial charge in [-0.3, -0.25) is 0 Å². The van der Waals surface area contributed by atoms with Crippen LogP contribution in [0.4, 0.5) is 17.1 Å². The molecule has 11 aromatic rings.